The van der Waals surface area contributed by atoms with E-state index >= 15 is 0 Å². The summed E-state index contributed by atoms with van der Waals surface area (Å²) in [6, 6.07) is 19.7. The second-order valence-corrected chi connectivity index (χ2v) is 6.87. The predicted molar refractivity (Wildman–Crippen MR) is 106 cm³/mol. The molecule has 0 spiro atoms. The van der Waals surface area contributed by atoms with Gasteiger partial charge in [-0.25, -0.2) is 0 Å². The van der Waals surface area contributed by atoms with Crippen LogP contribution < -0.4 is 5.32 Å². The van der Waals surface area contributed by atoms with Crippen LogP contribution >= 0.6 is 0 Å². The minimum Gasteiger partial charge on any atom is -0.375 e. The van der Waals surface area contributed by atoms with Crippen molar-refractivity contribution in [3.8, 4) is 11.1 Å². The molecule has 0 saturated carbocycles. The zero-order valence-electron chi connectivity index (χ0n) is 15.5. The molecular weight excluding hydrogens is 306 g/mol. The van der Waals surface area contributed by atoms with Crippen LogP contribution in [-0.2, 0) is 13.5 Å². The van der Waals surface area contributed by atoms with Crippen molar-refractivity contribution < 1.29 is 0 Å². The molecule has 0 fully saturated rings. The maximum atomic E-state index is 4.54. The third-order valence-corrected chi connectivity index (χ3v) is 4.59. The van der Waals surface area contributed by atoms with Crippen molar-refractivity contribution in [3.05, 3.63) is 72.1 Å². The Bertz CT molecular complexity index is 801. The SMILES string of the molecule is CCc1nn(C)cc1NC(c1ccc(-c2ccccc2)cc1)C(C)C. The highest BCUT2D eigenvalue weighted by atomic mass is 15.3. The first-order chi connectivity index (χ1) is 12.1. The lowest BCUT2D eigenvalue weighted by Crippen LogP contribution is -2.17. The summed E-state index contributed by atoms with van der Waals surface area (Å²) in [5.41, 5.74) is 6.07. The first-order valence-electron chi connectivity index (χ1n) is 9.03. The largest absolute Gasteiger partial charge is 0.375 e. The summed E-state index contributed by atoms with van der Waals surface area (Å²) in [5, 5.41) is 8.25. The maximum Gasteiger partial charge on any atom is 0.0853 e. The molecule has 1 heterocycles. The Morgan fingerprint density at radius 3 is 2.20 bits per heavy atom. The zero-order valence-corrected chi connectivity index (χ0v) is 15.5. The van der Waals surface area contributed by atoms with Gasteiger partial charge in [0.1, 0.15) is 0 Å². The van der Waals surface area contributed by atoms with Crippen LogP contribution in [0.1, 0.15) is 38.1 Å². The molecule has 0 saturated heterocycles. The molecule has 0 aliphatic carbocycles. The van der Waals surface area contributed by atoms with Gasteiger partial charge in [0.05, 0.1) is 17.4 Å². The van der Waals surface area contributed by atoms with Crippen LogP contribution in [0.25, 0.3) is 11.1 Å². The van der Waals surface area contributed by atoms with E-state index in [1.54, 1.807) is 0 Å². The first-order valence-corrected chi connectivity index (χ1v) is 9.03. The van der Waals surface area contributed by atoms with Gasteiger partial charge in [-0.15, -0.1) is 0 Å². The van der Waals surface area contributed by atoms with Crippen molar-refractivity contribution >= 4 is 5.69 Å². The lowest BCUT2D eigenvalue weighted by molar-refractivity contribution is 0.546. The highest BCUT2D eigenvalue weighted by Gasteiger charge is 2.18. The number of hydrogen-bond acceptors (Lipinski definition) is 2. The van der Waals surface area contributed by atoms with Gasteiger partial charge >= 0.3 is 0 Å². The minimum absolute atomic E-state index is 0.263. The molecule has 1 N–H and O–H groups in total. The van der Waals surface area contributed by atoms with E-state index in [9.17, 15) is 0 Å². The van der Waals surface area contributed by atoms with E-state index in [2.05, 4.69) is 92.0 Å². The number of nitrogens with zero attached hydrogens (tertiary/aromatic N) is 2. The Morgan fingerprint density at radius 1 is 0.960 bits per heavy atom. The van der Waals surface area contributed by atoms with Gasteiger partial charge in [-0.2, -0.15) is 5.10 Å². The van der Waals surface area contributed by atoms with Gasteiger partial charge < -0.3 is 5.32 Å². The summed E-state index contributed by atoms with van der Waals surface area (Å²) in [5.74, 6) is 0.479. The van der Waals surface area contributed by atoms with E-state index in [0.29, 0.717) is 5.92 Å². The smallest absolute Gasteiger partial charge is 0.0853 e. The third-order valence-electron chi connectivity index (χ3n) is 4.59. The molecule has 0 radical (unpaired) electrons. The molecule has 0 amide bonds. The minimum atomic E-state index is 0.263. The van der Waals surface area contributed by atoms with Crippen LogP contribution in [0.5, 0.6) is 0 Å². The van der Waals surface area contributed by atoms with Gasteiger partial charge in [-0.05, 0) is 29.0 Å². The average molecular weight is 333 g/mol. The van der Waals surface area contributed by atoms with E-state index in [1.807, 2.05) is 11.7 Å². The fourth-order valence-electron chi connectivity index (χ4n) is 3.23. The van der Waals surface area contributed by atoms with Crippen molar-refractivity contribution in [2.24, 2.45) is 13.0 Å². The number of aryl methyl sites for hydroxylation is 2. The van der Waals surface area contributed by atoms with Gasteiger partial charge in [-0.3, -0.25) is 4.68 Å². The molecule has 3 aromatic rings. The Kier molecular flexibility index (Phi) is 5.22. The fraction of sp³-hybridized carbons (Fsp3) is 0.318. The topological polar surface area (TPSA) is 29.9 Å². The Balaban J connectivity index is 1.85. The molecule has 25 heavy (non-hydrogen) atoms. The second-order valence-electron chi connectivity index (χ2n) is 6.87. The summed E-state index contributed by atoms with van der Waals surface area (Å²) in [6.45, 7) is 6.65. The molecule has 3 heteroatoms. The molecule has 0 aliphatic rings. The van der Waals surface area contributed by atoms with Crippen molar-refractivity contribution in [3.63, 3.8) is 0 Å². The molecule has 3 nitrogen and oxygen atoms in total. The Morgan fingerprint density at radius 2 is 1.60 bits per heavy atom. The summed E-state index contributed by atoms with van der Waals surface area (Å²) in [4.78, 5) is 0. The van der Waals surface area contributed by atoms with E-state index in [0.717, 1.165) is 17.8 Å². The highest BCUT2D eigenvalue weighted by Crippen LogP contribution is 2.30. The fourth-order valence-corrected chi connectivity index (χ4v) is 3.23. The van der Waals surface area contributed by atoms with Crippen LogP contribution in [0, 0.1) is 5.92 Å². The first kappa shape index (κ1) is 17.3. The number of nitrogens with one attached hydrogen (secondary N) is 1. The number of aromatic nitrogens is 2. The summed E-state index contributed by atoms with van der Waals surface area (Å²) < 4.78 is 1.89. The molecule has 3 rings (SSSR count). The molecule has 1 aromatic heterocycles. The molecule has 1 atom stereocenters. The lowest BCUT2D eigenvalue weighted by Gasteiger charge is -2.24. The average Bonchev–Trinajstić information content (AvgIpc) is 3.00. The number of benzene rings is 2. The quantitative estimate of drug-likeness (QED) is 0.649. The molecular formula is C22H27N3. The van der Waals surface area contributed by atoms with Gasteiger partial charge in [0, 0.05) is 13.2 Å². The molecule has 130 valence electrons. The van der Waals surface area contributed by atoms with Gasteiger partial charge in [-0.1, -0.05) is 75.4 Å². The molecule has 1 unspecified atom stereocenters. The third kappa shape index (κ3) is 3.93. The van der Waals surface area contributed by atoms with Gasteiger partial charge in [0.2, 0.25) is 0 Å². The predicted octanol–water partition coefficient (Wildman–Crippen LogP) is 5.46. The van der Waals surface area contributed by atoms with E-state index in [4.69, 9.17) is 0 Å². The van der Waals surface area contributed by atoms with E-state index in [-0.39, 0.29) is 6.04 Å². The highest BCUT2D eigenvalue weighted by molar-refractivity contribution is 5.63. The number of rotatable bonds is 6. The van der Waals surface area contributed by atoms with Gasteiger partial charge in [0.15, 0.2) is 0 Å². The molecule has 2 aromatic carbocycles. The van der Waals surface area contributed by atoms with Crippen LogP contribution in [0.4, 0.5) is 5.69 Å². The summed E-state index contributed by atoms with van der Waals surface area (Å²) in [6.07, 6.45) is 3.01. The standard InChI is InChI=1S/C22H27N3/c1-5-20-21(15-25(4)24-20)23-22(16(2)3)19-13-11-18(12-14-19)17-9-7-6-8-10-17/h6-16,22-23H,5H2,1-4H3. The Labute approximate surface area is 150 Å². The summed E-state index contributed by atoms with van der Waals surface area (Å²) >= 11 is 0. The second kappa shape index (κ2) is 7.56. The lowest BCUT2D eigenvalue weighted by atomic mass is 9.94. The number of anilines is 1. The van der Waals surface area contributed by atoms with Crippen molar-refractivity contribution in [2.75, 3.05) is 5.32 Å². The normalized spacial score (nSPS) is 12.4. The van der Waals surface area contributed by atoms with Crippen molar-refractivity contribution in [1.82, 2.24) is 9.78 Å². The van der Waals surface area contributed by atoms with Gasteiger partial charge in [0.25, 0.3) is 0 Å². The van der Waals surface area contributed by atoms with Crippen LogP contribution in [0.15, 0.2) is 60.8 Å². The monoisotopic (exact) mass is 333 g/mol. The van der Waals surface area contributed by atoms with E-state index in [1.165, 1.54) is 16.7 Å². The maximum absolute atomic E-state index is 4.54. The molecule has 0 bridgehead atoms. The summed E-state index contributed by atoms with van der Waals surface area (Å²) in [7, 11) is 1.98. The van der Waals surface area contributed by atoms with Crippen molar-refractivity contribution in [1.29, 1.82) is 0 Å². The van der Waals surface area contributed by atoms with Crippen LogP contribution in [0.3, 0.4) is 0 Å². The Hall–Kier alpha value is -2.55. The zero-order chi connectivity index (χ0) is 17.8. The van der Waals surface area contributed by atoms with Crippen LogP contribution in [0.2, 0.25) is 0 Å². The number of hydrogen-bond donors (Lipinski definition) is 1. The van der Waals surface area contributed by atoms with Crippen molar-refractivity contribution in [2.45, 2.75) is 33.2 Å². The van der Waals surface area contributed by atoms with Crippen LogP contribution in [-0.4, -0.2) is 9.78 Å². The van der Waals surface area contributed by atoms with E-state index < -0.39 is 0 Å². The molecule has 0 aliphatic heterocycles.